The second kappa shape index (κ2) is 7.47. The van der Waals surface area contributed by atoms with Gasteiger partial charge in [-0.25, -0.2) is 0 Å². The molecule has 0 aliphatic heterocycles. The van der Waals surface area contributed by atoms with Gasteiger partial charge in [-0.1, -0.05) is 18.5 Å². The van der Waals surface area contributed by atoms with Gasteiger partial charge < -0.3 is 20.3 Å². The Kier molecular flexibility index (Phi) is 6.26. The van der Waals surface area contributed by atoms with Crippen molar-refractivity contribution in [3.05, 3.63) is 28.8 Å². The zero-order valence-corrected chi connectivity index (χ0v) is 12.4. The number of amides is 1. The van der Waals surface area contributed by atoms with Crippen molar-refractivity contribution in [2.24, 2.45) is 0 Å². The smallest absolute Gasteiger partial charge is 0.258 e. The maximum Gasteiger partial charge on any atom is 0.258 e. The highest BCUT2D eigenvalue weighted by atomic mass is 35.5. The zero-order valence-electron chi connectivity index (χ0n) is 11.6. The van der Waals surface area contributed by atoms with Crippen molar-refractivity contribution in [3.8, 4) is 5.75 Å². The third-order valence-electron chi connectivity index (χ3n) is 3.18. The van der Waals surface area contributed by atoms with Crippen LogP contribution in [0.4, 0.5) is 0 Å². The van der Waals surface area contributed by atoms with Crippen LogP contribution in [0.5, 0.6) is 5.75 Å². The van der Waals surface area contributed by atoms with E-state index in [0.717, 1.165) is 5.56 Å². The number of rotatable bonds is 7. The van der Waals surface area contributed by atoms with Crippen molar-refractivity contribution >= 4 is 17.5 Å². The van der Waals surface area contributed by atoms with Crippen molar-refractivity contribution < 1.29 is 19.7 Å². The Bertz CT molecular complexity index is 452. The lowest BCUT2D eigenvalue weighted by Crippen LogP contribution is -2.55. The summed E-state index contributed by atoms with van der Waals surface area (Å²) >= 11 is 5.83. The molecule has 20 heavy (non-hydrogen) atoms. The predicted octanol–water partition coefficient (Wildman–Crippen LogP) is 1.28. The lowest BCUT2D eigenvalue weighted by atomic mass is 9.98. The Balaban J connectivity index is 2.59. The van der Waals surface area contributed by atoms with Gasteiger partial charge in [0.2, 0.25) is 0 Å². The van der Waals surface area contributed by atoms with Crippen LogP contribution in [0, 0.1) is 6.92 Å². The van der Waals surface area contributed by atoms with E-state index in [0.29, 0.717) is 17.2 Å². The average Bonchev–Trinajstić information content (AvgIpc) is 2.44. The third kappa shape index (κ3) is 4.37. The molecule has 1 aromatic rings. The second-order valence-corrected chi connectivity index (χ2v) is 5.13. The molecule has 6 heteroatoms. The number of hydrogen-bond acceptors (Lipinski definition) is 4. The Hall–Kier alpha value is -1.30. The van der Waals surface area contributed by atoms with Crippen LogP contribution in [0.1, 0.15) is 18.9 Å². The van der Waals surface area contributed by atoms with E-state index in [-0.39, 0.29) is 19.8 Å². The highest BCUT2D eigenvalue weighted by molar-refractivity contribution is 6.30. The summed E-state index contributed by atoms with van der Waals surface area (Å²) in [6.07, 6.45) is 0.422. The molecule has 0 fully saturated rings. The van der Waals surface area contributed by atoms with Crippen LogP contribution in [0.3, 0.4) is 0 Å². The van der Waals surface area contributed by atoms with Crippen LogP contribution in [0.2, 0.25) is 5.02 Å². The van der Waals surface area contributed by atoms with Crippen LogP contribution >= 0.6 is 11.6 Å². The number of ether oxygens (including phenoxy) is 1. The maximum atomic E-state index is 11.8. The molecular formula is C14H20ClNO4. The lowest BCUT2D eigenvalue weighted by Gasteiger charge is -2.29. The maximum absolute atomic E-state index is 11.8. The minimum Gasteiger partial charge on any atom is -0.484 e. The molecule has 5 nitrogen and oxygen atoms in total. The van der Waals surface area contributed by atoms with E-state index in [1.807, 2.05) is 6.92 Å². The molecule has 0 unspecified atom stereocenters. The van der Waals surface area contributed by atoms with Crippen molar-refractivity contribution in [2.75, 3.05) is 19.8 Å². The lowest BCUT2D eigenvalue weighted by molar-refractivity contribution is -0.126. The van der Waals surface area contributed by atoms with E-state index in [4.69, 9.17) is 16.3 Å². The molecule has 0 heterocycles. The van der Waals surface area contributed by atoms with Gasteiger partial charge in [-0.3, -0.25) is 4.79 Å². The van der Waals surface area contributed by atoms with E-state index >= 15 is 0 Å². The first kappa shape index (κ1) is 16.8. The van der Waals surface area contributed by atoms with Crippen LogP contribution in [-0.2, 0) is 4.79 Å². The fourth-order valence-corrected chi connectivity index (χ4v) is 1.92. The molecule has 0 aliphatic rings. The van der Waals surface area contributed by atoms with Crippen molar-refractivity contribution in [2.45, 2.75) is 25.8 Å². The molecule has 0 saturated heterocycles. The minimum absolute atomic E-state index is 0.190. The minimum atomic E-state index is -1.00. The Morgan fingerprint density at radius 1 is 1.40 bits per heavy atom. The fourth-order valence-electron chi connectivity index (χ4n) is 1.69. The van der Waals surface area contributed by atoms with Gasteiger partial charge in [-0.15, -0.1) is 0 Å². The standard InChI is InChI=1S/C14H20ClNO4/c1-3-14(8-17,9-18)16-13(19)7-20-12-5-4-11(15)6-10(12)2/h4-6,17-18H,3,7-9H2,1-2H3,(H,16,19). The highest BCUT2D eigenvalue weighted by Crippen LogP contribution is 2.21. The average molecular weight is 302 g/mol. The summed E-state index contributed by atoms with van der Waals surface area (Å²) in [6, 6.07) is 5.11. The summed E-state index contributed by atoms with van der Waals surface area (Å²) in [5.41, 5.74) is -0.175. The van der Waals surface area contributed by atoms with Gasteiger partial charge in [-0.05, 0) is 37.1 Å². The molecule has 1 rings (SSSR count). The van der Waals surface area contributed by atoms with Gasteiger partial charge in [-0.2, -0.15) is 0 Å². The van der Waals surface area contributed by atoms with E-state index in [9.17, 15) is 15.0 Å². The number of aliphatic hydroxyl groups is 2. The topological polar surface area (TPSA) is 78.8 Å². The number of aliphatic hydroxyl groups excluding tert-OH is 2. The first-order chi connectivity index (χ1) is 9.46. The van der Waals surface area contributed by atoms with Crippen LogP contribution < -0.4 is 10.1 Å². The number of aryl methyl sites for hydroxylation is 1. The number of benzene rings is 1. The normalized spacial score (nSPS) is 11.2. The van der Waals surface area contributed by atoms with Crippen molar-refractivity contribution in [3.63, 3.8) is 0 Å². The number of nitrogens with one attached hydrogen (secondary N) is 1. The number of carbonyl (C=O) groups excluding carboxylic acids is 1. The van der Waals surface area contributed by atoms with Crippen LogP contribution in [-0.4, -0.2) is 41.5 Å². The quantitative estimate of drug-likeness (QED) is 0.709. The second-order valence-electron chi connectivity index (χ2n) is 4.70. The number of carbonyl (C=O) groups is 1. The summed E-state index contributed by atoms with van der Waals surface area (Å²) in [6.45, 7) is 2.76. The highest BCUT2D eigenvalue weighted by Gasteiger charge is 2.28. The monoisotopic (exact) mass is 301 g/mol. The fraction of sp³-hybridized carbons (Fsp3) is 0.500. The van der Waals surface area contributed by atoms with Gasteiger partial charge in [0.05, 0.1) is 18.8 Å². The first-order valence-electron chi connectivity index (χ1n) is 6.38. The SMILES string of the molecule is CCC(CO)(CO)NC(=O)COc1ccc(Cl)cc1C. The van der Waals surface area contributed by atoms with Crippen LogP contribution in [0.25, 0.3) is 0 Å². The first-order valence-corrected chi connectivity index (χ1v) is 6.76. The van der Waals surface area contributed by atoms with Gasteiger partial charge in [0.15, 0.2) is 6.61 Å². The van der Waals surface area contributed by atoms with Gasteiger partial charge in [0.1, 0.15) is 5.75 Å². The van der Waals surface area contributed by atoms with E-state index in [2.05, 4.69) is 5.32 Å². The molecule has 0 bridgehead atoms. The summed E-state index contributed by atoms with van der Waals surface area (Å²) in [4.78, 5) is 11.8. The van der Waals surface area contributed by atoms with Gasteiger partial charge in [0.25, 0.3) is 5.91 Å². The van der Waals surface area contributed by atoms with Crippen LogP contribution in [0.15, 0.2) is 18.2 Å². The molecule has 0 radical (unpaired) electrons. The summed E-state index contributed by atoms with van der Waals surface area (Å²) in [5, 5.41) is 21.7. The molecule has 1 aromatic carbocycles. The summed E-state index contributed by atoms with van der Waals surface area (Å²) < 4.78 is 5.40. The molecule has 1 amide bonds. The summed E-state index contributed by atoms with van der Waals surface area (Å²) in [7, 11) is 0. The summed E-state index contributed by atoms with van der Waals surface area (Å²) in [5.74, 6) is 0.170. The number of hydrogen-bond donors (Lipinski definition) is 3. The van der Waals surface area contributed by atoms with Gasteiger partial charge >= 0.3 is 0 Å². The zero-order chi connectivity index (χ0) is 15.2. The molecule has 112 valence electrons. The third-order valence-corrected chi connectivity index (χ3v) is 3.42. The van der Waals surface area contributed by atoms with E-state index in [1.165, 1.54) is 0 Å². The molecule has 3 N–H and O–H groups in total. The Morgan fingerprint density at radius 3 is 2.55 bits per heavy atom. The van der Waals surface area contributed by atoms with Crippen molar-refractivity contribution in [1.82, 2.24) is 5.32 Å². The Morgan fingerprint density at radius 2 is 2.05 bits per heavy atom. The van der Waals surface area contributed by atoms with E-state index in [1.54, 1.807) is 25.1 Å². The van der Waals surface area contributed by atoms with E-state index < -0.39 is 11.4 Å². The molecule has 0 atom stereocenters. The molecule has 0 aliphatic carbocycles. The molecular weight excluding hydrogens is 282 g/mol. The molecule has 0 saturated carbocycles. The Labute approximate surface area is 123 Å². The molecule has 0 spiro atoms. The van der Waals surface area contributed by atoms with Gasteiger partial charge in [0, 0.05) is 5.02 Å². The predicted molar refractivity (Wildman–Crippen MR) is 77.0 cm³/mol. The number of halogens is 1. The van der Waals surface area contributed by atoms with Crippen molar-refractivity contribution in [1.29, 1.82) is 0 Å². The largest absolute Gasteiger partial charge is 0.484 e. The molecule has 0 aromatic heterocycles.